The highest BCUT2D eigenvalue weighted by molar-refractivity contribution is 7.07. The van der Waals surface area contributed by atoms with Crippen molar-refractivity contribution in [2.45, 2.75) is 18.8 Å². The average molecular weight is 341 g/mol. The number of carbonyl (C=O) groups excluding carboxylic acids is 1. The smallest absolute Gasteiger partial charge is 0.252 e. The third kappa shape index (κ3) is 2.35. The van der Waals surface area contributed by atoms with E-state index in [4.69, 9.17) is 10.5 Å². The number of carbonyl (C=O) groups is 1. The van der Waals surface area contributed by atoms with Gasteiger partial charge in [0.25, 0.3) is 5.91 Å². The van der Waals surface area contributed by atoms with Crippen molar-refractivity contribution in [1.29, 1.82) is 0 Å². The van der Waals surface area contributed by atoms with Crippen molar-refractivity contribution in [3.05, 3.63) is 34.4 Å². The Morgan fingerprint density at radius 2 is 2.21 bits per heavy atom. The van der Waals surface area contributed by atoms with Crippen molar-refractivity contribution in [2.24, 2.45) is 5.73 Å². The summed E-state index contributed by atoms with van der Waals surface area (Å²) in [7, 11) is 1.53. The predicted octanol–water partition coefficient (Wildman–Crippen LogP) is 2.58. The zero-order chi connectivity index (χ0) is 16.7. The Labute approximate surface area is 141 Å². The van der Waals surface area contributed by atoms with E-state index < -0.39 is 5.91 Å². The molecule has 3 aromatic rings. The summed E-state index contributed by atoms with van der Waals surface area (Å²) in [5, 5.41) is 8.81. The molecule has 4 rings (SSSR count). The van der Waals surface area contributed by atoms with Crippen LogP contribution in [-0.2, 0) is 0 Å². The quantitative estimate of drug-likeness (QED) is 0.742. The van der Waals surface area contributed by atoms with Gasteiger partial charge in [-0.1, -0.05) is 0 Å². The molecule has 24 heavy (non-hydrogen) atoms. The van der Waals surface area contributed by atoms with E-state index in [0.717, 1.165) is 35.2 Å². The predicted molar refractivity (Wildman–Crippen MR) is 90.0 cm³/mol. The number of aromatic amines is 1. The maximum absolute atomic E-state index is 12.0. The SMILES string of the molecule is COc1c(C(N)=O)cc(C2CC2)c(-c2ncn[nH]2)c1-c1cscn1. The van der Waals surface area contributed by atoms with E-state index in [1.165, 1.54) is 24.8 Å². The minimum atomic E-state index is -0.519. The molecule has 1 aliphatic carbocycles. The fourth-order valence-corrected chi connectivity index (χ4v) is 3.50. The minimum Gasteiger partial charge on any atom is -0.495 e. The molecule has 8 heteroatoms. The van der Waals surface area contributed by atoms with Gasteiger partial charge in [-0.05, 0) is 30.4 Å². The van der Waals surface area contributed by atoms with Gasteiger partial charge in [0, 0.05) is 10.9 Å². The van der Waals surface area contributed by atoms with Crippen molar-refractivity contribution in [1.82, 2.24) is 20.2 Å². The van der Waals surface area contributed by atoms with Crippen LogP contribution in [0.15, 0.2) is 23.3 Å². The van der Waals surface area contributed by atoms with Crippen LogP contribution in [0.1, 0.15) is 34.7 Å². The molecular formula is C16H15N5O2S. The van der Waals surface area contributed by atoms with Crippen LogP contribution in [0.4, 0.5) is 0 Å². The number of nitrogens with one attached hydrogen (secondary N) is 1. The van der Waals surface area contributed by atoms with Crippen molar-refractivity contribution < 1.29 is 9.53 Å². The lowest BCUT2D eigenvalue weighted by atomic mass is 9.91. The first-order valence-corrected chi connectivity index (χ1v) is 8.44. The number of benzene rings is 1. The number of amides is 1. The first-order valence-electron chi connectivity index (χ1n) is 7.49. The highest BCUT2D eigenvalue weighted by Gasteiger charge is 2.33. The highest BCUT2D eigenvalue weighted by Crippen LogP contribution is 2.50. The van der Waals surface area contributed by atoms with Gasteiger partial charge in [0.15, 0.2) is 5.82 Å². The lowest BCUT2D eigenvalue weighted by Crippen LogP contribution is -2.14. The Kier molecular flexibility index (Phi) is 3.53. The van der Waals surface area contributed by atoms with Gasteiger partial charge in [-0.25, -0.2) is 9.97 Å². The molecule has 1 saturated carbocycles. The second-order valence-corrected chi connectivity index (χ2v) is 6.36. The van der Waals surface area contributed by atoms with E-state index in [2.05, 4.69) is 20.2 Å². The summed E-state index contributed by atoms with van der Waals surface area (Å²) in [5.41, 5.74) is 11.1. The summed E-state index contributed by atoms with van der Waals surface area (Å²) in [6.45, 7) is 0. The summed E-state index contributed by atoms with van der Waals surface area (Å²) < 4.78 is 5.56. The largest absolute Gasteiger partial charge is 0.495 e. The lowest BCUT2D eigenvalue weighted by Gasteiger charge is -2.18. The molecular weight excluding hydrogens is 326 g/mol. The molecule has 2 heterocycles. The Morgan fingerprint density at radius 1 is 1.38 bits per heavy atom. The number of primary amides is 1. The van der Waals surface area contributed by atoms with Gasteiger partial charge in [0.2, 0.25) is 0 Å². The summed E-state index contributed by atoms with van der Waals surface area (Å²) >= 11 is 1.47. The van der Waals surface area contributed by atoms with Crippen LogP contribution < -0.4 is 10.5 Å². The number of nitrogens with two attached hydrogens (primary N) is 1. The molecule has 122 valence electrons. The third-order valence-corrected chi connectivity index (χ3v) is 4.72. The second-order valence-electron chi connectivity index (χ2n) is 5.64. The number of nitrogens with zero attached hydrogens (tertiary/aromatic N) is 3. The van der Waals surface area contributed by atoms with Crippen LogP contribution in [0, 0.1) is 0 Å². The van der Waals surface area contributed by atoms with Gasteiger partial charge >= 0.3 is 0 Å². The van der Waals surface area contributed by atoms with Gasteiger partial charge < -0.3 is 10.5 Å². The van der Waals surface area contributed by atoms with Crippen molar-refractivity contribution in [3.63, 3.8) is 0 Å². The molecule has 1 aliphatic rings. The Bertz CT molecular complexity index is 886. The first-order chi connectivity index (χ1) is 11.7. The molecule has 2 aromatic heterocycles. The van der Waals surface area contributed by atoms with Crippen LogP contribution >= 0.6 is 11.3 Å². The van der Waals surface area contributed by atoms with E-state index >= 15 is 0 Å². The zero-order valence-corrected chi connectivity index (χ0v) is 13.8. The van der Waals surface area contributed by atoms with Crippen LogP contribution in [0.3, 0.4) is 0 Å². The van der Waals surface area contributed by atoms with Gasteiger partial charge in [-0.15, -0.1) is 11.3 Å². The molecule has 0 atom stereocenters. The van der Waals surface area contributed by atoms with E-state index in [-0.39, 0.29) is 0 Å². The molecule has 0 aliphatic heterocycles. The molecule has 1 fully saturated rings. The molecule has 7 nitrogen and oxygen atoms in total. The average Bonchev–Trinajstić information content (AvgIpc) is 3.06. The summed E-state index contributed by atoms with van der Waals surface area (Å²) in [4.78, 5) is 20.7. The number of aromatic nitrogens is 4. The summed E-state index contributed by atoms with van der Waals surface area (Å²) in [5.74, 6) is 0.916. The Morgan fingerprint density at radius 3 is 2.75 bits per heavy atom. The molecule has 0 bridgehead atoms. The lowest BCUT2D eigenvalue weighted by molar-refractivity contribution is 0.0997. The number of H-pyrrole nitrogens is 1. The standard InChI is InChI=1S/C16H15N5O2S/c1-23-14-10(15(17)22)4-9(8-2-3-8)12(16-18-6-20-21-16)13(14)11-5-24-7-19-11/h4-8H,2-3H2,1H3,(H2,17,22)(H,18,20,21). The van der Waals surface area contributed by atoms with Gasteiger partial charge in [0.05, 0.1) is 29.4 Å². The summed E-state index contributed by atoms with van der Waals surface area (Å²) in [6, 6.07) is 1.83. The number of hydrogen-bond donors (Lipinski definition) is 2. The van der Waals surface area contributed by atoms with E-state index in [9.17, 15) is 4.79 Å². The van der Waals surface area contributed by atoms with E-state index in [0.29, 0.717) is 23.1 Å². The van der Waals surface area contributed by atoms with Crippen molar-refractivity contribution >= 4 is 17.2 Å². The number of hydrogen-bond acceptors (Lipinski definition) is 6. The van der Waals surface area contributed by atoms with Crippen LogP contribution in [0.5, 0.6) is 5.75 Å². The Hall–Kier alpha value is -2.74. The topological polar surface area (TPSA) is 107 Å². The third-order valence-electron chi connectivity index (χ3n) is 4.14. The molecule has 0 unspecified atom stereocenters. The zero-order valence-electron chi connectivity index (χ0n) is 12.9. The molecule has 3 N–H and O–H groups in total. The second kappa shape index (κ2) is 5.72. The Balaban J connectivity index is 2.11. The van der Waals surface area contributed by atoms with Crippen molar-refractivity contribution in [3.8, 4) is 28.4 Å². The van der Waals surface area contributed by atoms with Crippen LogP contribution in [-0.4, -0.2) is 33.2 Å². The highest BCUT2D eigenvalue weighted by atomic mass is 32.1. The summed E-state index contributed by atoms with van der Waals surface area (Å²) in [6.07, 6.45) is 3.61. The fraction of sp³-hybridized carbons (Fsp3) is 0.250. The minimum absolute atomic E-state index is 0.366. The number of thiazole rings is 1. The van der Waals surface area contributed by atoms with Gasteiger partial charge in [-0.3, -0.25) is 9.89 Å². The molecule has 0 radical (unpaired) electrons. The molecule has 1 aromatic carbocycles. The number of ether oxygens (including phenoxy) is 1. The van der Waals surface area contributed by atoms with Crippen molar-refractivity contribution in [2.75, 3.05) is 7.11 Å². The molecule has 0 saturated heterocycles. The first kappa shape index (κ1) is 14.8. The van der Waals surface area contributed by atoms with Gasteiger partial charge in [0.1, 0.15) is 12.1 Å². The van der Waals surface area contributed by atoms with Crippen LogP contribution in [0.2, 0.25) is 0 Å². The number of rotatable bonds is 5. The maximum Gasteiger partial charge on any atom is 0.252 e. The van der Waals surface area contributed by atoms with Crippen LogP contribution in [0.25, 0.3) is 22.6 Å². The number of methoxy groups -OCH3 is 1. The molecule has 1 amide bonds. The molecule has 0 spiro atoms. The normalized spacial score (nSPS) is 13.9. The van der Waals surface area contributed by atoms with Gasteiger partial charge in [-0.2, -0.15) is 5.10 Å². The maximum atomic E-state index is 12.0. The van der Waals surface area contributed by atoms with E-state index in [1.807, 2.05) is 11.4 Å². The monoisotopic (exact) mass is 341 g/mol. The van der Waals surface area contributed by atoms with E-state index in [1.54, 1.807) is 5.51 Å². The fourth-order valence-electron chi connectivity index (χ4n) is 2.96.